The highest BCUT2D eigenvalue weighted by Crippen LogP contribution is 2.41. The van der Waals surface area contributed by atoms with Gasteiger partial charge in [0.25, 0.3) is 0 Å². The number of hydrogen-bond acceptors (Lipinski definition) is 7. The molecule has 0 radical (unpaired) electrons. The molecule has 35 heavy (non-hydrogen) atoms. The molecule has 0 aromatic heterocycles. The van der Waals surface area contributed by atoms with Crippen molar-refractivity contribution in [3.8, 4) is 0 Å². The van der Waals surface area contributed by atoms with E-state index in [1.165, 1.54) is 12.0 Å². The maximum absolute atomic E-state index is 13.7. The first kappa shape index (κ1) is 28.1. The number of alkyl carbamates (subject to hydrolysis) is 1. The number of hydrogen-bond donors (Lipinski definition) is 3. The van der Waals surface area contributed by atoms with Crippen LogP contribution in [0.4, 0.5) is 4.79 Å². The third kappa shape index (κ3) is 7.68. The average Bonchev–Trinajstić information content (AvgIpc) is 3.49. The Labute approximate surface area is 206 Å². The molecule has 0 saturated heterocycles. The van der Waals surface area contributed by atoms with Crippen LogP contribution in [0.25, 0.3) is 0 Å². The van der Waals surface area contributed by atoms with Gasteiger partial charge in [0.1, 0.15) is 24.2 Å². The topological polar surface area (TPSA) is 134 Å². The van der Waals surface area contributed by atoms with Gasteiger partial charge in [-0.2, -0.15) is 0 Å². The highest BCUT2D eigenvalue weighted by Gasteiger charge is 2.48. The van der Waals surface area contributed by atoms with Crippen molar-refractivity contribution in [2.24, 2.45) is 5.92 Å². The van der Waals surface area contributed by atoms with Crippen LogP contribution in [0.3, 0.4) is 0 Å². The first-order valence-electron chi connectivity index (χ1n) is 11.6. The standard InChI is InChI=1S/C25H37N3O7/c1-14-8-9-17(10-15(14)2)21(22(31)26-12-20(30)34-7)28(19-11-16(19)3)23(32)18(13-29)27-24(33)35-25(4,5)6/h8-10,16,18-19,21,29H,11-13H2,1-7H3,(H,26,31)(H,27,33). The summed E-state index contributed by atoms with van der Waals surface area (Å²) >= 11 is 0. The molecule has 1 aliphatic carbocycles. The number of methoxy groups -OCH3 is 1. The monoisotopic (exact) mass is 491 g/mol. The van der Waals surface area contributed by atoms with Crippen molar-refractivity contribution in [1.29, 1.82) is 0 Å². The van der Waals surface area contributed by atoms with Crippen molar-refractivity contribution in [3.63, 3.8) is 0 Å². The minimum absolute atomic E-state index is 0.113. The molecule has 3 N–H and O–H groups in total. The van der Waals surface area contributed by atoms with E-state index in [0.717, 1.165) is 11.1 Å². The van der Waals surface area contributed by atoms with Crippen molar-refractivity contribution in [1.82, 2.24) is 15.5 Å². The van der Waals surface area contributed by atoms with E-state index < -0.39 is 48.2 Å². The maximum atomic E-state index is 13.7. The van der Waals surface area contributed by atoms with Gasteiger partial charge in [0, 0.05) is 6.04 Å². The van der Waals surface area contributed by atoms with E-state index >= 15 is 0 Å². The number of nitrogens with one attached hydrogen (secondary N) is 2. The molecule has 0 aliphatic heterocycles. The predicted octanol–water partition coefficient (Wildman–Crippen LogP) is 1.76. The summed E-state index contributed by atoms with van der Waals surface area (Å²) < 4.78 is 9.85. The summed E-state index contributed by atoms with van der Waals surface area (Å²) in [6.45, 7) is 9.78. The van der Waals surface area contributed by atoms with E-state index in [0.29, 0.717) is 12.0 Å². The van der Waals surface area contributed by atoms with Crippen LogP contribution in [0.1, 0.15) is 56.8 Å². The van der Waals surface area contributed by atoms with Gasteiger partial charge in [-0.1, -0.05) is 25.1 Å². The predicted molar refractivity (Wildman–Crippen MR) is 128 cm³/mol. The van der Waals surface area contributed by atoms with Gasteiger partial charge in [0.15, 0.2) is 0 Å². The van der Waals surface area contributed by atoms with Crippen molar-refractivity contribution >= 4 is 23.9 Å². The number of aryl methyl sites for hydroxylation is 2. The van der Waals surface area contributed by atoms with Gasteiger partial charge < -0.3 is 30.1 Å². The molecule has 0 heterocycles. The normalized spacial score (nSPS) is 18.6. The summed E-state index contributed by atoms with van der Waals surface area (Å²) in [6.07, 6.45) is -0.200. The van der Waals surface area contributed by atoms with Crippen LogP contribution in [0, 0.1) is 19.8 Å². The molecule has 4 atom stereocenters. The zero-order chi connectivity index (χ0) is 26.5. The number of nitrogens with zero attached hydrogens (tertiary/aromatic N) is 1. The number of aliphatic hydroxyl groups is 1. The van der Waals surface area contributed by atoms with Gasteiger partial charge >= 0.3 is 12.1 Å². The van der Waals surface area contributed by atoms with Crippen LogP contribution in [0.2, 0.25) is 0 Å². The summed E-state index contributed by atoms with van der Waals surface area (Å²) in [5, 5.41) is 14.9. The first-order chi connectivity index (χ1) is 16.3. The number of aliphatic hydroxyl groups excluding tert-OH is 1. The minimum atomic E-state index is -1.32. The Kier molecular flexibility index (Phi) is 9.25. The lowest BCUT2D eigenvalue weighted by molar-refractivity contribution is -0.145. The number of carbonyl (C=O) groups excluding carboxylic acids is 4. The zero-order valence-electron chi connectivity index (χ0n) is 21.5. The first-order valence-corrected chi connectivity index (χ1v) is 11.6. The fourth-order valence-electron chi connectivity index (χ4n) is 3.69. The average molecular weight is 492 g/mol. The highest BCUT2D eigenvalue weighted by molar-refractivity contribution is 5.93. The molecular formula is C25H37N3O7. The lowest BCUT2D eigenvalue weighted by Gasteiger charge is -2.34. The number of rotatable bonds is 9. The van der Waals surface area contributed by atoms with E-state index in [2.05, 4.69) is 15.4 Å². The molecule has 0 spiro atoms. The van der Waals surface area contributed by atoms with Crippen LogP contribution >= 0.6 is 0 Å². The molecule has 10 heteroatoms. The zero-order valence-corrected chi connectivity index (χ0v) is 21.5. The van der Waals surface area contributed by atoms with Gasteiger partial charge in [-0.15, -0.1) is 0 Å². The summed E-state index contributed by atoms with van der Waals surface area (Å²) in [7, 11) is 1.21. The van der Waals surface area contributed by atoms with E-state index in [1.807, 2.05) is 32.9 Å². The molecular weight excluding hydrogens is 454 g/mol. The molecule has 0 bridgehead atoms. The van der Waals surface area contributed by atoms with Crippen molar-refractivity contribution in [3.05, 3.63) is 34.9 Å². The summed E-state index contributed by atoms with van der Waals surface area (Å²) in [5.74, 6) is -1.71. The Balaban J connectivity index is 2.44. The lowest BCUT2D eigenvalue weighted by atomic mass is 9.98. The largest absolute Gasteiger partial charge is 0.468 e. The smallest absolute Gasteiger partial charge is 0.408 e. The fourth-order valence-corrected chi connectivity index (χ4v) is 3.69. The van der Waals surface area contributed by atoms with E-state index in [1.54, 1.807) is 26.8 Å². The Morgan fingerprint density at radius 3 is 2.29 bits per heavy atom. The number of ether oxygens (including phenoxy) is 2. The van der Waals surface area contributed by atoms with E-state index in [-0.39, 0.29) is 18.5 Å². The van der Waals surface area contributed by atoms with E-state index in [9.17, 15) is 24.3 Å². The highest BCUT2D eigenvalue weighted by atomic mass is 16.6. The molecule has 1 aromatic carbocycles. The number of esters is 1. The van der Waals surface area contributed by atoms with Crippen LogP contribution in [0.15, 0.2) is 18.2 Å². The van der Waals surface area contributed by atoms with Crippen LogP contribution in [-0.4, -0.2) is 71.8 Å². The molecule has 1 fully saturated rings. The van der Waals surface area contributed by atoms with Crippen LogP contribution in [-0.2, 0) is 23.9 Å². The van der Waals surface area contributed by atoms with Crippen molar-refractivity contribution in [2.45, 2.75) is 71.7 Å². The van der Waals surface area contributed by atoms with Crippen LogP contribution in [0.5, 0.6) is 0 Å². The van der Waals surface area contributed by atoms with E-state index in [4.69, 9.17) is 4.74 Å². The molecule has 10 nitrogen and oxygen atoms in total. The lowest BCUT2D eigenvalue weighted by Crippen LogP contribution is -2.55. The van der Waals surface area contributed by atoms with Gasteiger partial charge in [-0.25, -0.2) is 4.79 Å². The van der Waals surface area contributed by atoms with Gasteiger partial charge in [0.2, 0.25) is 11.8 Å². The van der Waals surface area contributed by atoms with Gasteiger partial charge in [-0.05, 0) is 63.6 Å². The molecule has 1 aromatic rings. The van der Waals surface area contributed by atoms with Crippen LogP contribution < -0.4 is 10.6 Å². The Hall–Kier alpha value is -3.14. The number of amides is 3. The second-order valence-corrected chi connectivity index (χ2v) is 9.95. The summed E-state index contributed by atoms with van der Waals surface area (Å²) in [6, 6.07) is 2.74. The molecule has 1 aliphatic rings. The fraction of sp³-hybridized carbons (Fsp3) is 0.600. The van der Waals surface area contributed by atoms with Crippen molar-refractivity contribution in [2.75, 3.05) is 20.3 Å². The Morgan fingerprint density at radius 1 is 1.17 bits per heavy atom. The third-order valence-electron chi connectivity index (χ3n) is 5.86. The van der Waals surface area contributed by atoms with Gasteiger partial charge in [-0.3, -0.25) is 14.4 Å². The molecule has 4 unspecified atom stereocenters. The number of carbonyl (C=O) groups is 4. The third-order valence-corrected chi connectivity index (χ3v) is 5.86. The molecule has 2 rings (SSSR count). The SMILES string of the molecule is COC(=O)CNC(=O)C(c1ccc(C)c(C)c1)N(C(=O)C(CO)NC(=O)OC(C)(C)C)C1CC1C. The second-order valence-electron chi connectivity index (χ2n) is 9.95. The maximum Gasteiger partial charge on any atom is 0.408 e. The van der Waals surface area contributed by atoms with Crippen molar-refractivity contribution < 1.29 is 33.8 Å². The number of benzene rings is 1. The second kappa shape index (κ2) is 11.5. The molecule has 1 saturated carbocycles. The van der Waals surface area contributed by atoms with Gasteiger partial charge in [0.05, 0.1) is 13.7 Å². The Bertz CT molecular complexity index is 957. The Morgan fingerprint density at radius 2 is 1.80 bits per heavy atom. The molecule has 194 valence electrons. The summed E-state index contributed by atoms with van der Waals surface area (Å²) in [5.41, 5.74) is 1.69. The minimum Gasteiger partial charge on any atom is -0.468 e. The quantitative estimate of drug-likeness (QED) is 0.448. The summed E-state index contributed by atoms with van der Waals surface area (Å²) in [4.78, 5) is 52.5. The molecule has 3 amide bonds.